The number of amides is 1. The minimum atomic E-state index is -3.89. The SMILES string of the molecule is COCCNS(=O)(=O)c1ccc(NC(=O)c2sc(S(N)(=O)=O)cc2C)cc1. The zero-order valence-electron chi connectivity index (χ0n) is 14.6. The molecule has 0 saturated heterocycles. The van der Waals surface area contributed by atoms with Crippen LogP contribution in [0.15, 0.2) is 39.4 Å². The van der Waals surface area contributed by atoms with Crippen molar-refractivity contribution >= 4 is 43.0 Å². The maximum Gasteiger partial charge on any atom is 0.266 e. The molecule has 2 aromatic rings. The van der Waals surface area contributed by atoms with Crippen LogP contribution in [0.25, 0.3) is 0 Å². The number of rotatable bonds is 8. The van der Waals surface area contributed by atoms with E-state index in [4.69, 9.17) is 9.88 Å². The second-order valence-corrected chi connectivity index (χ2v) is 10.1. The predicted molar refractivity (Wildman–Crippen MR) is 102 cm³/mol. The molecule has 0 unspecified atom stereocenters. The van der Waals surface area contributed by atoms with Crippen LogP contribution in [0.1, 0.15) is 15.2 Å². The number of nitrogens with one attached hydrogen (secondary N) is 2. The van der Waals surface area contributed by atoms with Crippen LogP contribution in [0.4, 0.5) is 5.69 Å². The molecular formula is C15H19N3O6S3. The summed E-state index contributed by atoms with van der Waals surface area (Å²) in [6, 6.07) is 6.90. The third-order valence-electron chi connectivity index (χ3n) is 3.40. The summed E-state index contributed by atoms with van der Waals surface area (Å²) in [7, 11) is -6.09. The molecule has 1 aromatic heterocycles. The topological polar surface area (TPSA) is 145 Å². The fourth-order valence-electron chi connectivity index (χ4n) is 2.09. The molecule has 1 heterocycles. The number of ether oxygens (including phenoxy) is 1. The van der Waals surface area contributed by atoms with Crippen molar-refractivity contribution in [3.8, 4) is 0 Å². The number of carbonyl (C=O) groups is 1. The number of anilines is 1. The van der Waals surface area contributed by atoms with Crippen molar-refractivity contribution < 1.29 is 26.4 Å². The van der Waals surface area contributed by atoms with Crippen LogP contribution in [-0.4, -0.2) is 43.0 Å². The van der Waals surface area contributed by atoms with Crippen molar-refractivity contribution in [3.05, 3.63) is 40.8 Å². The molecule has 0 aliphatic heterocycles. The molecule has 0 aliphatic rings. The molecule has 4 N–H and O–H groups in total. The van der Waals surface area contributed by atoms with Crippen molar-refractivity contribution in [2.45, 2.75) is 16.0 Å². The molecule has 12 heteroatoms. The quantitative estimate of drug-likeness (QED) is 0.527. The Balaban J connectivity index is 2.13. The van der Waals surface area contributed by atoms with E-state index in [1.165, 1.54) is 37.4 Å². The summed E-state index contributed by atoms with van der Waals surface area (Å²) in [6.45, 7) is 1.98. The minimum Gasteiger partial charge on any atom is -0.383 e. The first-order valence-corrected chi connectivity index (χ1v) is 11.4. The van der Waals surface area contributed by atoms with Crippen LogP contribution in [0.5, 0.6) is 0 Å². The number of benzene rings is 1. The summed E-state index contributed by atoms with van der Waals surface area (Å²) in [5.41, 5.74) is 0.837. The van der Waals surface area contributed by atoms with Crippen LogP contribution < -0.4 is 15.2 Å². The lowest BCUT2D eigenvalue weighted by Gasteiger charge is -2.08. The molecule has 0 aliphatic carbocycles. The monoisotopic (exact) mass is 433 g/mol. The van der Waals surface area contributed by atoms with Gasteiger partial charge in [0.25, 0.3) is 5.91 Å². The molecule has 1 aromatic carbocycles. The third kappa shape index (κ3) is 5.57. The van der Waals surface area contributed by atoms with E-state index in [9.17, 15) is 21.6 Å². The van der Waals surface area contributed by atoms with Crippen molar-refractivity contribution in [1.29, 1.82) is 0 Å². The Hall–Kier alpha value is -1.83. The second kappa shape index (κ2) is 8.46. The Kier molecular flexibility index (Phi) is 6.72. The molecule has 0 bridgehead atoms. The van der Waals surface area contributed by atoms with E-state index in [0.717, 1.165) is 11.3 Å². The van der Waals surface area contributed by atoms with Gasteiger partial charge in [0.15, 0.2) is 0 Å². The second-order valence-electron chi connectivity index (χ2n) is 5.49. The van der Waals surface area contributed by atoms with Gasteiger partial charge in [-0.15, -0.1) is 11.3 Å². The van der Waals surface area contributed by atoms with Gasteiger partial charge in [-0.1, -0.05) is 0 Å². The number of nitrogens with two attached hydrogens (primary N) is 1. The summed E-state index contributed by atoms with van der Waals surface area (Å²) in [5.74, 6) is -0.513. The zero-order valence-corrected chi connectivity index (χ0v) is 17.0. The highest BCUT2D eigenvalue weighted by Crippen LogP contribution is 2.26. The molecule has 0 spiro atoms. The van der Waals surface area contributed by atoms with Gasteiger partial charge in [-0.2, -0.15) is 0 Å². The van der Waals surface area contributed by atoms with Crippen LogP contribution in [-0.2, 0) is 24.8 Å². The predicted octanol–water partition coefficient (Wildman–Crippen LogP) is 0.881. The summed E-state index contributed by atoms with van der Waals surface area (Å²) in [6.07, 6.45) is 0. The lowest BCUT2D eigenvalue weighted by molar-refractivity contribution is 0.103. The Labute approximate surface area is 161 Å². The first-order chi connectivity index (χ1) is 12.5. The summed E-state index contributed by atoms with van der Waals surface area (Å²) in [5, 5.41) is 7.67. The number of sulfonamides is 2. The van der Waals surface area contributed by atoms with Gasteiger partial charge in [-0.25, -0.2) is 26.7 Å². The fourth-order valence-corrected chi connectivity index (χ4v) is 4.95. The molecule has 0 saturated carbocycles. The number of hydrogen-bond donors (Lipinski definition) is 3. The van der Waals surface area contributed by atoms with Crippen molar-refractivity contribution in [2.75, 3.05) is 25.6 Å². The van der Waals surface area contributed by atoms with Crippen molar-refractivity contribution in [3.63, 3.8) is 0 Å². The van der Waals surface area contributed by atoms with E-state index in [1.807, 2.05) is 0 Å². The Bertz CT molecular complexity index is 1030. The summed E-state index contributed by atoms with van der Waals surface area (Å²) >= 11 is 0.770. The van der Waals surface area contributed by atoms with E-state index in [1.54, 1.807) is 6.92 Å². The molecule has 2 rings (SSSR count). The molecule has 9 nitrogen and oxygen atoms in total. The smallest absolute Gasteiger partial charge is 0.266 e. The van der Waals surface area contributed by atoms with E-state index in [2.05, 4.69) is 10.0 Å². The van der Waals surface area contributed by atoms with E-state index < -0.39 is 26.0 Å². The fraction of sp³-hybridized carbons (Fsp3) is 0.267. The van der Waals surface area contributed by atoms with Gasteiger partial charge in [0.2, 0.25) is 20.0 Å². The Morgan fingerprint density at radius 1 is 1.19 bits per heavy atom. The standard InChI is InChI=1S/C15H19N3O6S3/c1-10-9-13(26(16,20)21)25-14(10)15(19)18-11-3-5-12(6-4-11)27(22,23)17-7-8-24-2/h3-6,9,17H,7-8H2,1-2H3,(H,18,19)(H2,16,20,21). The van der Waals surface area contributed by atoms with Gasteiger partial charge in [0.1, 0.15) is 4.21 Å². The molecule has 0 fully saturated rings. The Morgan fingerprint density at radius 3 is 2.33 bits per heavy atom. The average molecular weight is 434 g/mol. The van der Waals surface area contributed by atoms with E-state index in [0.29, 0.717) is 11.3 Å². The number of thiophene rings is 1. The van der Waals surface area contributed by atoms with Crippen LogP contribution in [0, 0.1) is 6.92 Å². The maximum absolute atomic E-state index is 12.4. The summed E-state index contributed by atoms with van der Waals surface area (Å²) in [4.78, 5) is 12.6. The van der Waals surface area contributed by atoms with Gasteiger partial charge >= 0.3 is 0 Å². The highest BCUT2D eigenvalue weighted by atomic mass is 32.2. The minimum absolute atomic E-state index is 0.0421. The van der Waals surface area contributed by atoms with Gasteiger partial charge in [0.05, 0.1) is 16.4 Å². The zero-order chi connectivity index (χ0) is 20.2. The number of hydrogen-bond acceptors (Lipinski definition) is 7. The molecule has 0 radical (unpaired) electrons. The van der Waals surface area contributed by atoms with Crippen LogP contribution >= 0.6 is 11.3 Å². The van der Waals surface area contributed by atoms with Gasteiger partial charge in [0, 0.05) is 19.3 Å². The normalized spacial score (nSPS) is 12.1. The third-order valence-corrected chi connectivity index (χ3v) is 7.54. The molecule has 148 valence electrons. The highest BCUT2D eigenvalue weighted by molar-refractivity contribution is 7.91. The van der Waals surface area contributed by atoms with Crippen molar-refractivity contribution in [1.82, 2.24) is 4.72 Å². The first-order valence-electron chi connectivity index (χ1n) is 7.58. The van der Waals surface area contributed by atoms with E-state index in [-0.39, 0.29) is 27.1 Å². The number of primary sulfonamides is 1. The lowest BCUT2D eigenvalue weighted by Crippen LogP contribution is -2.27. The Morgan fingerprint density at radius 2 is 1.81 bits per heavy atom. The lowest BCUT2D eigenvalue weighted by atomic mass is 10.2. The molecule has 27 heavy (non-hydrogen) atoms. The molecule has 0 atom stereocenters. The maximum atomic E-state index is 12.4. The van der Waals surface area contributed by atoms with E-state index >= 15 is 0 Å². The number of carbonyl (C=O) groups excluding carboxylic acids is 1. The van der Waals surface area contributed by atoms with Gasteiger partial charge in [-0.05, 0) is 42.8 Å². The van der Waals surface area contributed by atoms with Gasteiger partial charge in [-0.3, -0.25) is 4.79 Å². The molecular weight excluding hydrogens is 414 g/mol. The first kappa shape index (κ1) is 21.5. The number of methoxy groups -OCH3 is 1. The summed E-state index contributed by atoms with van der Waals surface area (Å²) < 4.78 is 54.0. The van der Waals surface area contributed by atoms with Crippen LogP contribution in [0.3, 0.4) is 0 Å². The van der Waals surface area contributed by atoms with Crippen LogP contribution in [0.2, 0.25) is 0 Å². The average Bonchev–Trinajstić information content (AvgIpc) is 2.98. The van der Waals surface area contributed by atoms with Crippen molar-refractivity contribution in [2.24, 2.45) is 5.14 Å². The highest BCUT2D eigenvalue weighted by Gasteiger charge is 2.19. The number of aryl methyl sites for hydroxylation is 1. The molecule has 1 amide bonds. The largest absolute Gasteiger partial charge is 0.383 e. The van der Waals surface area contributed by atoms with Gasteiger partial charge < -0.3 is 10.1 Å².